The van der Waals surface area contributed by atoms with E-state index in [0.29, 0.717) is 5.69 Å². The molecule has 6 rings (SSSR count). The maximum atomic E-state index is 13.8. The molecule has 2 aromatic rings. The van der Waals surface area contributed by atoms with Crippen LogP contribution in [0.2, 0.25) is 0 Å². The standard InChI is InChI=1S/C24H29N3O2/c1-22(2,3)18-14-24(23(4,5)6)17-13-12-16(17)19(18)26-20(28)25(21(29)27(24)26)15-10-8-7-9-11-15/h7-14,16-17,19H,1-6H3/t16-,17-,19-,24+/m0/s1. The lowest BCUT2D eigenvalue weighted by Crippen LogP contribution is -2.67. The fourth-order valence-corrected chi connectivity index (χ4v) is 5.74. The van der Waals surface area contributed by atoms with Gasteiger partial charge >= 0.3 is 11.4 Å². The lowest BCUT2D eigenvalue weighted by Gasteiger charge is -2.63. The zero-order chi connectivity index (χ0) is 20.9. The molecule has 0 N–H and O–H groups in total. The Hall–Kier alpha value is -2.56. The van der Waals surface area contributed by atoms with Crippen molar-refractivity contribution in [3.05, 3.63) is 75.1 Å². The summed E-state index contributed by atoms with van der Waals surface area (Å²) in [6, 6.07) is 9.16. The van der Waals surface area contributed by atoms with E-state index in [1.807, 2.05) is 30.3 Å². The summed E-state index contributed by atoms with van der Waals surface area (Å²) in [5, 5.41) is 0. The van der Waals surface area contributed by atoms with E-state index in [-0.39, 0.29) is 40.1 Å². The molecule has 1 aromatic carbocycles. The van der Waals surface area contributed by atoms with E-state index < -0.39 is 5.54 Å². The van der Waals surface area contributed by atoms with Gasteiger partial charge in [-0.15, -0.1) is 0 Å². The van der Waals surface area contributed by atoms with Crippen LogP contribution in [0.5, 0.6) is 0 Å². The third kappa shape index (κ3) is 2.06. The summed E-state index contributed by atoms with van der Waals surface area (Å²) in [5.41, 5.74) is 0.482. The lowest BCUT2D eigenvalue weighted by atomic mass is 9.50. The van der Waals surface area contributed by atoms with E-state index >= 15 is 0 Å². The summed E-state index contributed by atoms with van der Waals surface area (Å²) in [5.74, 6) is 0.472. The van der Waals surface area contributed by atoms with Gasteiger partial charge in [-0.1, -0.05) is 78.0 Å². The largest absolute Gasteiger partial charge is 0.352 e. The first-order chi connectivity index (χ1) is 13.5. The number of hydrogen-bond acceptors (Lipinski definition) is 2. The third-order valence-electron chi connectivity index (χ3n) is 7.19. The molecule has 152 valence electrons. The molecule has 0 saturated heterocycles. The molecule has 0 radical (unpaired) electrons. The van der Waals surface area contributed by atoms with E-state index in [0.717, 1.165) is 0 Å². The first-order valence-electron chi connectivity index (χ1n) is 10.4. The topological polar surface area (TPSA) is 48.9 Å². The van der Waals surface area contributed by atoms with Crippen molar-refractivity contribution in [2.24, 2.45) is 22.7 Å². The lowest BCUT2D eigenvalue weighted by molar-refractivity contribution is -0.0372. The monoisotopic (exact) mass is 391 g/mol. The molecule has 0 fully saturated rings. The number of hydrogen-bond donors (Lipinski definition) is 0. The molecule has 0 amide bonds. The van der Waals surface area contributed by atoms with Crippen molar-refractivity contribution in [1.29, 1.82) is 0 Å². The zero-order valence-electron chi connectivity index (χ0n) is 18.0. The second-order valence-corrected chi connectivity index (χ2v) is 10.8. The van der Waals surface area contributed by atoms with E-state index in [1.165, 1.54) is 10.1 Å². The van der Waals surface area contributed by atoms with Crippen molar-refractivity contribution >= 4 is 0 Å². The summed E-state index contributed by atoms with van der Waals surface area (Å²) >= 11 is 0. The fraction of sp³-hybridized carbons (Fsp3) is 0.500. The average molecular weight is 392 g/mol. The van der Waals surface area contributed by atoms with Crippen LogP contribution in [0.1, 0.15) is 47.6 Å². The molecule has 1 aromatic heterocycles. The van der Waals surface area contributed by atoms with Crippen molar-refractivity contribution in [2.45, 2.75) is 53.1 Å². The Bertz CT molecular complexity index is 1180. The minimum Gasteiger partial charge on any atom is -0.245 e. The van der Waals surface area contributed by atoms with Crippen LogP contribution in [-0.4, -0.2) is 13.9 Å². The van der Waals surface area contributed by atoms with Gasteiger partial charge in [-0.05, 0) is 28.5 Å². The van der Waals surface area contributed by atoms with Gasteiger partial charge in [0.05, 0.1) is 17.3 Å². The molecule has 5 nitrogen and oxygen atoms in total. The molecule has 0 spiro atoms. The van der Waals surface area contributed by atoms with E-state index in [4.69, 9.17) is 0 Å². The summed E-state index contributed by atoms with van der Waals surface area (Å²) < 4.78 is 4.90. The second kappa shape index (κ2) is 5.32. The molecular formula is C24H29N3O2. The average Bonchev–Trinajstić information content (AvgIpc) is 2.86. The van der Waals surface area contributed by atoms with Crippen molar-refractivity contribution in [3.8, 4) is 5.69 Å². The van der Waals surface area contributed by atoms with Gasteiger partial charge in [0.2, 0.25) is 0 Å². The highest BCUT2D eigenvalue weighted by Crippen LogP contribution is 2.63. The van der Waals surface area contributed by atoms with Gasteiger partial charge in [0, 0.05) is 11.8 Å². The van der Waals surface area contributed by atoms with Crippen LogP contribution in [-0.2, 0) is 5.54 Å². The third-order valence-corrected chi connectivity index (χ3v) is 7.19. The number of nitrogens with zero attached hydrogens (tertiary/aromatic N) is 3. The predicted octanol–water partition coefficient (Wildman–Crippen LogP) is 3.89. The van der Waals surface area contributed by atoms with Crippen molar-refractivity contribution < 1.29 is 0 Å². The van der Waals surface area contributed by atoms with Gasteiger partial charge in [0.1, 0.15) is 0 Å². The second-order valence-electron chi connectivity index (χ2n) is 10.8. The quantitative estimate of drug-likeness (QED) is 0.693. The number of benzene rings is 1. The summed E-state index contributed by atoms with van der Waals surface area (Å²) in [4.78, 5) is 27.5. The number of aromatic nitrogens is 3. The van der Waals surface area contributed by atoms with Crippen LogP contribution >= 0.6 is 0 Å². The minimum atomic E-state index is -0.569. The molecule has 3 heterocycles. The Morgan fingerprint density at radius 1 is 0.897 bits per heavy atom. The first kappa shape index (κ1) is 18.5. The molecule has 2 bridgehead atoms. The van der Waals surface area contributed by atoms with Crippen LogP contribution < -0.4 is 11.4 Å². The Balaban J connectivity index is 1.92. The van der Waals surface area contributed by atoms with Crippen molar-refractivity contribution in [1.82, 2.24) is 13.9 Å². The van der Waals surface area contributed by atoms with Gasteiger partial charge in [0.25, 0.3) is 0 Å². The maximum absolute atomic E-state index is 13.8. The first-order valence-corrected chi connectivity index (χ1v) is 10.4. The number of allylic oxidation sites excluding steroid dienone is 4. The molecule has 4 aliphatic rings. The van der Waals surface area contributed by atoms with Gasteiger partial charge in [-0.3, -0.25) is 0 Å². The summed E-state index contributed by atoms with van der Waals surface area (Å²) in [6.45, 7) is 13.2. The summed E-state index contributed by atoms with van der Waals surface area (Å²) in [6.07, 6.45) is 6.80. The van der Waals surface area contributed by atoms with Gasteiger partial charge in [-0.25, -0.2) is 23.5 Å². The van der Waals surface area contributed by atoms with Crippen LogP contribution in [0.25, 0.3) is 5.69 Å². The molecular weight excluding hydrogens is 362 g/mol. The van der Waals surface area contributed by atoms with Crippen molar-refractivity contribution in [2.75, 3.05) is 0 Å². The zero-order valence-corrected chi connectivity index (χ0v) is 18.0. The highest BCUT2D eigenvalue weighted by molar-refractivity contribution is 5.42. The van der Waals surface area contributed by atoms with Crippen LogP contribution in [0.4, 0.5) is 0 Å². The van der Waals surface area contributed by atoms with E-state index in [1.54, 1.807) is 9.36 Å². The Kier molecular flexibility index (Phi) is 3.39. The normalized spacial score (nSPS) is 29.9. The Morgan fingerprint density at radius 2 is 1.55 bits per heavy atom. The number of rotatable bonds is 1. The highest BCUT2D eigenvalue weighted by Gasteiger charge is 2.64. The van der Waals surface area contributed by atoms with Crippen molar-refractivity contribution in [3.63, 3.8) is 0 Å². The van der Waals surface area contributed by atoms with Crippen LogP contribution in [0.15, 0.2) is 63.7 Å². The molecule has 0 unspecified atom stereocenters. The fourth-order valence-electron chi connectivity index (χ4n) is 5.74. The van der Waals surface area contributed by atoms with Crippen LogP contribution in [0, 0.1) is 22.7 Å². The Labute approximate surface area is 171 Å². The highest BCUT2D eigenvalue weighted by atomic mass is 16.2. The molecule has 0 saturated carbocycles. The molecule has 2 aliphatic carbocycles. The van der Waals surface area contributed by atoms with E-state index in [2.05, 4.69) is 59.8 Å². The molecule has 4 atom stereocenters. The van der Waals surface area contributed by atoms with E-state index in [9.17, 15) is 9.59 Å². The van der Waals surface area contributed by atoms with Gasteiger partial charge in [-0.2, -0.15) is 0 Å². The SMILES string of the molecule is CC(C)(C)C1=C[C@]2(C(C)(C)C)[C@H]3C=C[C@@H]3[C@@H]1n1c(=O)n(-c3ccccc3)c(=O)n12. The number of para-hydroxylation sites is 1. The maximum Gasteiger partial charge on any atom is 0.352 e. The van der Waals surface area contributed by atoms with Crippen LogP contribution in [0.3, 0.4) is 0 Å². The van der Waals surface area contributed by atoms with Gasteiger partial charge < -0.3 is 0 Å². The summed E-state index contributed by atoms with van der Waals surface area (Å²) in [7, 11) is 0. The minimum absolute atomic E-state index is 0.0921. The molecule has 29 heavy (non-hydrogen) atoms. The molecule has 2 aliphatic heterocycles. The molecule has 5 heteroatoms. The van der Waals surface area contributed by atoms with Gasteiger partial charge in [0.15, 0.2) is 0 Å². The Morgan fingerprint density at radius 3 is 2.07 bits per heavy atom. The predicted molar refractivity (Wildman–Crippen MR) is 114 cm³/mol. The smallest absolute Gasteiger partial charge is 0.245 e.